The fourth-order valence-electron chi connectivity index (χ4n) is 2.24. The second-order valence-corrected chi connectivity index (χ2v) is 7.86. The zero-order valence-electron chi connectivity index (χ0n) is 10.7. The minimum Gasteiger partial charge on any atom is -0.385 e. The lowest BCUT2D eigenvalue weighted by Gasteiger charge is -2.13. The van der Waals surface area contributed by atoms with E-state index < -0.39 is 14.9 Å². The van der Waals surface area contributed by atoms with E-state index in [0.29, 0.717) is 0 Å². The van der Waals surface area contributed by atoms with Crippen molar-refractivity contribution in [3.05, 3.63) is 51.6 Å². The third-order valence-electron chi connectivity index (χ3n) is 3.32. The Labute approximate surface area is 124 Å². The molecule has 2 aromatic rings. The third kappa shape index (κ3) is 2.28. The zero-order valence-corrected chi connectivity index (χ0v) is 12.4. The molecule has 0 radical (unpaired) electrons. The SMILES string of the molecule is Nc1sc(S(=O)(=O)N2Cc3ccccc3C2)cc1[N+](=O)[O-]. The lowest BCUT2D eigenvalue weighted by atomic mass is 10.1. The summed E-state index contributed by atoms with van der Waals surface area (Å²) in [6, 6.07) is 8.47. The van der Waals surface area contributed by atoms with E-state index in [1.54, 1.807) is 0 Å². The first-order valence-corrected chi connectivity index (χ1v) is 8.26. The van der Waals surface area contributed by atoms with E-state index in [4.69, 9.17) is 5.73 Å². The van der Waals surface area contributed by atoms with Crippen LogP contribution in [0.5, 0.6) is 0 Å². The van der Waals surface area contributed by atoms with E-state index in [9.17, 15) is 18.5 Å². The van der Waals surface area contributed by atoms with Crippen molar-refractivity contribution in [3.63, 3.8) is 0 Å². The number of thiophene rings is 1. The summed E-state index contributed by atoms with van der Waals surface area (Å²) in [4.78, 5) is 10.1. The Bertz CT molecular complexity index is 804. The summed E-state index contributed by atoms with van der Waals surface area (Å²) in [6.07, 6.45) is 0. The smallest absolute Gasteiger partial charge is 0.304 e. The summed E-state index contributed by atoms with van der Waals surface area (Å²) < 4.78 is 26.3. The quantitative estimate of drug-likeness (QED) is 0.685. The van der Waals surface area contributed by atoms with Gasteiger partial charge in [0.1, 0.15) is 4.21 Å². The molecule has 0 amide bonds. The number of sulfonamides is 1. The number of nitro groups is 1. The summed E-state index contributed by atoms with van der Waals surface area (Å²) in [5.41, 5.74) is 7.04. The molecule has 1 aliphatic heterocycles. The molecule has 1 aliphatic rings. The Hall–Kier alpha value is -1.97. The molecular weight excluding hydrogens is 314 g/mol. The number of nitrogens with zero attached hydrogens (tertiary/aromatic N) is 2. The Morgan fingerprint density at radius 3 is 2.29 bits per heavy atom. The molecule has 21 heavy (non-hydrogen) atoms. The van der Waals surface area contributed by atoms with Crippen LogP contribution in [0.15, 0.2) is 34.5 Å². The summed E-state index contributed by atoms with van der Waals surface area (Å²) in [5, 5.41) is 10.7. The summed E-state index contributed by atoms with van der Waals surface area (Å²) in [7, 11) is -3.77. The minimum absolute atomic E-state index is 0.0977. The molecule has 110 valence electrons. The Kier molecular flexibility index (Phi) is 3.19. The lowest BCUT2D eigenvalue weighted by molar-refractivity contribution is -0.383. The highest BCUT2D eigenvalue weighted by Gasteiger charge is 2.33. The fraction of sp³-hybridized carbons (Fsp3) is 0.167. The van der Waals surface area contributed by atoms with Crippen LogP contribution in [0.3, 0.4) is 0 Å². The number of anilines is 1. The van der Waals surface area contributed by atoms with Gasteiger partial charge in [0.25, 0.3) is 10.0 Å². The van der Waals surface area contributed by atoms with Crippen LogP contribution in [0.2, 0.25) is 0 Å². The van der Waals surface area contributed by atoms with Gasteiger partial charge in [-0.2, -0.15) is 4.31 Å². The second-order valence-electron chi connectivity index (χ2n) is 4.61. The highest BCUT2D eigenvalue weighted by Crippen LogP contribution is 2.37. The van der Waals surface area contributed by atoms with Crippen LogP contribution in [0.1, 0.15) is 11.1 Å². The van der Waals surface area contributed by atoms with Crippen molar-refractivity contribution in [3.8, 4) is 0 Å². The van der Waals surface area contributed by atoms with Gasteiger partial charge >= 0.3 is 5.69 Å². The molecule has 2 heterocycles. The van der Waals surface area contributed by atoms with Crippen molar-refractivity contribution in [2.24, 2.45) is 0 Å². The fourth-order valence-corrected chi connectivity index (χ4v) is 5.01. The first kappa shape index (κ1) is 14.0. The highest BCUT2D eigenvalue weighted by molar-refractivity contribution is 7.91. The van der Waals surface area contributed by atoms with Gasteiger partial charge in [-0.15, -0.1) is 0 Å². The average Bonchev–Trinajstić information content (AvgIpc) is 3.02. The van der Waals surface area contributed by atoms with Crippen LogP contribution < -0.4 is 5.73 Å². The van der Waals surface area contributed by atoms with Gasteiger partial charge in [-0.05, 0) is 11.1 Å². The molecule has 0 fully saturated rings. The molecular formula is C12H11N3O4S2. The number of hydrogen-bond donors (Lipinski definition) is 1. The molecule has 2 N–H and O–H groups in total. The van der Waals surface area contributed by atoms with Crippen molar-refractivity contribution in [2.45, 2.75) is 17.3 Å². The molecule has 1 aromatic heterocycles. The number of fused-ring (bicyclic) bond motifs is 1. The van der Waals surface area contributed by atoms with Crippen LogP contribution >= 0.6 is 11.3 Å². The van der Waals surface area contributed by atoms with Crippen molar-refractivity contribution in [1.29, 1.82) is 0 Å². The van der Waals surface area contributed by atoms with Gasteiger partial charge < -0.3 is 5.73 Å². The normalized spacial score (nSPS) is 15.0. The molecule has 1 aromatic carbocycles. The van der Waals surface area contributed by atoms with Crippen LogP contribution in [0, 0.1) is 10.1 Å². The molecule has 0 aliphatic carbocycles. The molecule has 7 nitrogen and oxygen atoms in total. The molecule has 0 saturated heterocycles. The van der Waals surface area contributed by atoms with Crippen molar-refractivity contribution in [1.82, 2.24) is 4.31 Å². The predicted octanol–water partition coefficient (Wildman–Crippen LogP) is 1.94. The van der Waals surface area contributed by atoms with E-state index in [0.717, 1.165) is 28.5 Å². The van der Waals surface area contributed by atoms with E-state index in [-0.39, 0.29) is 28.0 Å². The molecule has 0 atom stereocenters. The predicted molar refractivity (Wildman–Crippen MR) is 78.3 cm³/mol. The summed E-state index contributed by atoms with van der Waals surface area (Å²) >= 11 is 0.722. The third-order valence-corrected chi connectivity index (χ3v) is 6.51. The Balaban J connectivity index is 1.96. The van der Waals surface area contributed by atoms with E-state index in [2.05, 4.69) is 0 Å². The van der Waals surface area contributed by atoms with Gasteiger partial charge in [-0.1, -0.05) is 35.6 Å². The van der Waals surface area contributed by atoms with Gasteiger partial charge in [0.05, 0.1) is 4.92 Å². The summed E-state index contributed by atoms with van der Waals surface area (Å²) in [5.74, 6) is 0. The van der Waals surface area contributed by atoms with E-state index >= 15 is 0 Å². The Morgan fingerprint density at radius 1 is 1.24 bits per heavy atom. The largest absolute Gasteiger partial charge is 0.385 e. The molecule has 0 bridgehead atoms. The highest BCUT2D eigenvalue weighted by atomic mass is 32.2. The molecule has 3 rings (SSSR count). The molecule has 0 saturated carbocycles. The number of benzene rings is 1. The van der Waals surface area contributed by atoms with E-state index in [1.807, 2.05) is 24.3 Å². The van der Waals surface area contributed by atoms with Crippen LogP contribution in [0.25, 0.3) is 0 Å². The lowest BCUT2D eigenvalue weighted by Crippen LogP contribution is -2.24. The number of nitrogens with two attached hydrogens (primary N) is 1. The van der Waals surface area contributed by atoms with Crippen LogP contribution in [0.4, 0.5) is 10.7 Å². The van der Waals surface area contributed by atoms with Gasteiger partial charge in [-0.3, -0.25) is 10.1 Å². The first-order valence-electron chi connectivity index (χ1n) is 6.00. The zero-order chi connectivity index (χ0) is 15.2. The van der Waals surface area contributed by atoms with Crippen molar-refractivity contribution in [2.75, 3.05) is 5.73 Å². The maximum absolute atomic E-state index is 12.5. The monoisotopic (exact) mass is 325 g/mol. The second kappa shape index (κ2) is 4.79. The van der Waals surface area contributed by atoms with Gasteiger partial charge in [0, 0.05) is 19.2 Å². The topological polar surface area (TPSA) is 107 Å². The maximum atomic E-state index is 12.5. The van der Waals surface area contributed by atoms with Gasteiger partial charge in [0.15, 0.2) is 5.00 Å². The number of rotatable bonds is 3. The van der Waals surface area contributed by atoms with Crippen LogP contribution in [-0.4, -0.2) is 17.6 Å². The number of nitrogen functional groups attached to an aromatic ring is 1. The summed E-state index contributed by atoms with van der Waals surface area (Å²) in [6.45, 7) is 0.536. The molecule has 0 spiro atoms. The van der Waals surface area contributed by atoms with Crippen molar-refractivity contribution < 1.29 is 13.3 Å². The van der Waals surface area contributed by atoms with E-state index in [1.165, 1.54) is 4.31 Å². The van der Waals surface area contributed by atoms with Gasteiger partial charge in [-0.25, -0.2) is 8.42 Å². The van der Waals surface area contributed by atoms with Crippen molar-refractivity contribution >= 4 is 32.0 Å². The molecule has 9 heteroatoms. The van der Waals surface area contributed by atoms with Crippen LogP contribution in [-0.2, 0) is 23.1 Å². The maximum Gasteiger partial charge on any atom is 0.304 e. The molecule has 0 unspecified atom stereocenters. The standard InChI is InChI=1S/C12H11N3O4S2/c13-12-10(15(16)17)5-11(20-12)21(18,19)14-6-8-3-1-2-4-9(8)7-14/h1-5H,6-7,13H2. The average molecular weight is 325 g/mol. The van der Waals surface area contributed by atoms with Gasteiger partial charge in [0.2, 0.25) is 0 Å². The minimum atomic E-state index is -3.77. The first-order chi connectivity index (χ1) is 9.89. The Morgan fingerprint density at radius 2 is 1.81 bits per heavy atom. The number of hydrogen-bond acceptors (Lipinski definition) is 6.